The maximum atomic E-state index is 13.5. The van der Waals surface area contributed by atoms with Gasteiger partial charge in [0.2, 0.25) is 0 Å². The van der Waals surface area contributed by atoms with E-state index >= 15 is 0 Å². The number of nitrogens with one attached hydrogen (secondary N) is 1. The van der Waals surface area contributed by atoms with Gasteiger partial charge in [-0.05, 0) is 18.3 Å². The van der Waals surface area contributed by atoms with Crippen molar-refractivity contribution in [1.29, 1.82) is 0 Å². The monoisotopic (exact) mass is 302 g/mol. The van der Waals surface area contributed by atoms with Crippen molar-refractivity contribution < 1.29 is 13.2 Å². The first-order chi connectivity index (χ1) is 9.49. The summed E-state index contributed by atoms with van der Waals surface area (Å²) < 4.78 is 39.5. The number of amidine groups is 1. The summed E-state index contributed by atoms with van der Waals surface area (Å²) in [6.45, 7) is 4.93. The molecule has 0 unspecified atom stereocenters. The lowest BCUT2D eigenvalue weighted by molar-refractivity contribution is 0.318. The number of hydrogen-bond acceptors (Lipinski definition) is 3. The highest BCUT2D eigenvalue weighted by molar-refractivity contribution is 8.14. The molecule has 0 aliphatic carbocycles. The summed E-state index contributed by atoms with van der Waals surface area (Å²) in [5.74, 6) is -2.21. The van der Waals surface area contributed by atoms with E-state index in [-0.39, 0.29) is 11.1 Å². The van der Waals surface area contributed by atoms with E-state index < -0.39 is 17.5 Å². The summed E-state index contributed by atoms with van der Waals surface area (Å²) in [7, 11) is 0. The number of nitrogens with zero attached hydrogens (tertiary/aromatic N) is 1. The number of thioether (sulfide) groups is 1. The number of halogens is 3. The van der Waals surface area contributed by atoms with E-state index in [9.17, 15) is 13.2 Å². The molecule has 0 saturated heterocycles. The zero-order valence-electron chi connectivity index (χ0n) is 11.5. The van der Waals surface area contributed by atoms with Gasteiger partial charge in [0.25, 0.3) is 0 Å². The van der Waals surface area contributed by atoms with Gasteiger partial charge in [-0.2, -0.15) is 0 Å². The van der Waals surface area contributed by atoms with Crippen molar-refractivity contribution in [2.45, 2.75) is 26.7 Å². The van der Waals surface area contributed by atoms with Crippen LogP contribution in [-0.2, 0) is 0 Å². The maximum Gasteiger partial charge on any atom is 0.161 e. The zero-order valence-corrected chi connectivity index (χ0v) is 12.3. The summed E-state index contributed by atoms with van der Waals surface area (Å²) in [6.07, 6.45) is 2.07. The molecule has 2 nitrogen and oxygen atoms in total. The summed E-state index contributed by atoms with van der Waals surface area (Å²) in [5, 5.41) is 3.28. The van der Waals surface area contributed by atoms with Gasteiger partial charge in [-0.3, -0.25) is 4.99 Å². The molecular formula is C14H17F3N2S. The molecule has 0 bridgehead atoms. The van der Waals surface area contributed by atoms with E-state index in [1.807, 2.05) is 0 Å². The van der Waals surface area contributed by atoms with Crippen molar-refractivity contribution in [3.05, 3.63) is 29.6 Å². The van der Waals surface area contributed by atoms with Gasteiger partial charge in [-0.15, -0.1) is 0 Å². The SMILES string of the molecule is CCC1(CC)CN=C(Nc2cc(F)c(F)cc2F)SC1. The average Bonchev–Trinajstić information content (AvgIpc) is 2.46. The molecule has 6 heteroatoms. The van der Waals surface area contributed by atoms with Crippen molar-refractivity contribution in [3.63, 3.8) is 0 Å². The molecule has 0 saturated carbocycles. The molecule has 2 rings (SSSR count). The van der Waals surface area contributed by atoms with Gasteiger partial charge in [0.05, 0.1) is 5.69 Å². The highest BCUT2D eigenvalue weighted by Gasteiger charge is 2.30. The fraction of sp³-hybridized carbons (Fsp3) is 0.500. The Morgan fingerprint density at radius 1 is 1.15 bits per heavy atom. The van der Waals surface area contributed by atoms with Crippen LogP contribution >= 0.6 is 11.8 Å². The minimum Gasteiger partial charge on any atom is -0.333 e. The predicted molar refractivity (Wildman–Crippen MR) is 77.7 cm³/mol. The summed E-state index contributed by atoms with van der Waals surface area (Å²) in [5.41, 5.74) is 0.0956. The second kappa shape index (κ2) is 6.08. The van der Waals surface area contributed by atoms with Gasteiger partial charge in [-0.25, -0.2) is 13.2 Å². The first kappa shape index (κ1) is 15.2. The lowest BCUT2D eigenvalue weighted by Crippen LogP contribution is -2.32. The number of aliphatic imine (C=N–C) groups is 1. The van der Waals surface area contributed by atoms with E-state index in [2.05, 4.69) is 24.2 Å². The molecule has 20 heavy (non-hydrogen) atoms. The smallest absolute Gasteiger partial charge is 0.161 e. The number of benzene rings is 1. The number of anilines is 1. The topological polar surface area (TPSA) is 24.4 Å². The minimum atomic E-state index is -1.19. The molecule has 1 aliphatic heterocycles. The van der Waals surface area contributed by atoms with Crippen LogP contribution in [0.25, 0.3) is 0 Å². The van der Waals surface area contributed by atoms with Crippen LogP contribution in [0, 0.1) is 22.9 Å². The molecule has 0 atom stereocenters. The molecule has 110 valence electrons. The lowest BCUT2D eigenvalue weighted by Gasteiger charge is -2.33. The Morgan fingerprint density at radius 3 is 2.35 bits per heavy atom. The average molecular weight is 302 g/mol. The Morgan fingerprint density at radius 2 is 1.80 bits per heavy atom. The normalized spacial score (nSPS) is 17.8. The summed E-state index contributed by atoms with van der Waals surface area (Å²) in [6, 6.07) is 1.35. The molecule has 1 aromatic carbocycles. The number of rotatable bonds is 3. The Labute approximate surface area is 120 Å². The second-order valence-corrected chi connectivity index (χ2v) is 5.95. The van der Waals surface area contributed by atoms with Crippen LogP contribution in [0.3, 0.4) is 0 Å². The van der Waals surface area contributed by atoms with Crippen LogP contribution < -0.4 is 5.32 Å². The van der Waals surface area contributed by atoms with Crippen molar-refractivity contribution in [2.75, 3.05) is 17.6 Å². The van der Waals surface area contributed by atoms with Crippen molar-refractivity contribution in [2.24, 2.45) is 10.4 Å². The Kier molecular flexibility index (Phi) is 4.62. The molecule has 1 aromatic rings. The summed E-state index contributed by atoms with van der Waals surface area (Å²) in [4.78, 5) is 4.40. The van der Waals surface area contributed by atoms with Crippen LogP contribution in [0.15, 0.2) is 17.1 Å². The van der Waals surface area contributed by atoms with Crippen LogP contribution in [0.2, 0.25) is 0 Å². The zero-order chi connectivity index (χ0) is 14.8. The molecule has 0 radical (unpaired) electrons. The summed E-state index contributed by atoms with van der Waals surface area (Å²) >= 11 is 1.49. The molecule has 0 spiro atoms. The molecule has 1 heterocycles. The van der Waals surface area contributed by atoms with E-state index in [0.29, 0.717) is 17.8 Å². The van der Waals surface area contributed by atoms with Crippen molar-refractivity contribution in [3.8, 4) is 0 Å². The van der Waals surface area contributed by atoms with E-state index in [4.69, 9.17) is 0 Å². The van der Waals surface area contributed by atoms with Crippen LogP contribution in [-0.4, -0.2) is 17.5 Å². The maximum absolute atomic E-state index is 13.5. The first-order valence-electron chi connectivity index (χ1n) is 6.58. The van der Waals surface area contributed by atoms with Gasteiger partial charge in [-0.1, -0.05) is 25.6 Å². The fourth-order valence-corrected chi connectivity index (χ4v) is 3.32. The van der Waals surface area contributed by atoms with Gasteiger partial charge < -0.3 is 5.32 Å². The largest absolute Gasteiger partial charge is 0.333 e. The van der Waals surface area contributed by atoms with Gasteiger partial charge in [0.15, 0.2) is 16.8 Å². The lowest BCUT2D eigenvalue weighted by atomic mass is 9.84. The van der Waals surface area contributed by atoms with Crippen LogP contribution in [0.5, 0.6) is 0 Å². The highest BCUT2D eigenvalue weighted by Crippen LogP contribution is 2.35. The molecule has 0 fully saturated rings. The van der Waals surface area contributed by atoms with Crippen LogP contribution in [0.1, 0.15) is 26.7 Å². The number of hydrogen-bond donors (Lipinski definition) is 1. The van der Waals surface area contributed by atoms with Crippen molar-refractivity contribution >= 4 is 22.6 Å². The van der Waals surface area contributed by atoms with E-state index in [1.54, 1.807) is 0 Å². The van der Waals surface area contributed by atoms with Gasteiger partial charge in [0.1, 0.15) is 5.82 Å². The van der Waals surface area contributed by atoms with Crippen LogP contribution in [0.4, 0.5) is 18.9 Å². The Hall–Kier alpha value is -1.17. The third-order valence-corrected chi connectivity index (χ3v) is 5.09. The third kappa shape index (κ3) is 3.11. The Bertz CT molecular complexity index is 527. The fourth-order valence-electron chi connectivity index (χ4n) is 2.04. The molecule has 0 aromatic heterocycles. The first-order valence-corrected chi connectivity index (χ1v) is 7.57. The third-order valence-electron chi connectivity index (χ3n) is 3.82. The Balaban J connectivity index is 2.13. The molecule has 1 aliphatic rings. The quantitative estimate of drug-likeness (QED) is 0.836. The van der Waals surface area contributed by atoms with Gasteiger partial charge in [0, 0.05) is 24.4 Å². The van der Waals surface area contributed by atoms with E-state index in [1.165, 1.54) is 11.8 Å². The molecule has 0 amide bonds. The minimum absolute atomic E-state index is 0.0874. The molecular weight excluding hydrogens is 285 g/mol. The second-order valence-electron chi connectivity index (χ2n) is 4.99. The molecule has 1 N–H and O–H groups in total. The predicted octanol–water partition coefficient (Wildman–Crippen LogP) is 4.43. The standard InChI is InChI=1S/C14H17F3N2S/c1-3-14(4-2)7-18-13(20-8-14)19-12-6-10(16)9(15)5-11(12)17/h5-6H,3-4,7-8H2,1-2H3,(H,18,19). The van der Waals surface area contributed by atoms with Crippen molar-refractivity contribution in [1.82, 2.24) is 0 Å². The van der Waals surface area contributed by atoms with E-state index in [0.717, 1.165) is 24.7 Å². The van der Waals surface area contributed by atoms with Gasteiger partial charge >= 0.3 is 0 Å². The highest BCUT2D eigenvalue weighted by atomic mass is 32.2.